The van der Waals surface area contributed by atoms with Crippen LogP contribution in [0.2, 0.25) is 0 Å². The molecular formula is C24H22F5NO. The van der Waals surface area contributed by atoms with Crippen molar-refractivity contribution in [2.45, 2.75) is 51.1 Å². The third-order valence-corrected chi connectivity index (χ3v) is 5.70. The van der Waals surface area contributed by atoms with E-state index in [2.05, 4.69) is 10.8 Å². The van der Waals surface area contributed by atoms with Crippen molar-refractivity contribution in [1.82, 2.24) is 0 Å². The highest BCUT2D eigenvalue weighted by atomic mass is 19.3. The maximum absolute atomic E-state index is 14.6. The Morgan fingerprint density at radius 1 is 1.03 bits per heavy atom. The molecule has 1 fully saturated rings. The molecule has 2 aromatic carbocycles. The minimum absolute atomic E-state index is 0.0988. The van der Waals surface area contributed by atoms with Crippen molar-refractivity contribution < 1.29 is 26.7 Å². The van der Waals surface area contributed by atoms with Gasteiger partial charge in [0.2, 0.25) is 0 Å². The van der Waals surface area contributed by atoms with E-state index in [4.69, 9.17) is 5.26 Å². The van der Waals surface area contributed by atoms with Gasteiger partial charge in [-0.25, -0.2) is 13.2 Å². The van der Waals surface area contributed by atoms with Crippen LogP contribution >= 0.6 is 0 Å². The molecule has 1 aliphatic rings. The molecule has 31 heavy (non-hydrogen) atoms. The van der Waals surface area contributed by atoms with Crippen LogP contribution in [0.1, 0.15) is 61.6 Å². The first-order chi connectivity index (χ1) is 14.7. The normalized spacial score (nSPS) is 19.4. The maximum Gasteiger partial charge on any atom is 0.429 e. The van der Waals surface area contributed by atoms with Gasteiger partial charge in [-0.05, 0) is 68.6 Å². The summed E-state index contributed by atoms with van der Waals surface area (Å²) in [6, 6.07) is 5.71. The Hall–Kier alpha value is -2.88. The first-order valence-corrected chi connectivity index (χ1v) is 10.1. The Labute approximate surface area is 178 Å². The molecule has 7 heteroatoms. The Bertz CT molecular complexity index is 981. The van der Waals surface area contributed by atoms with Crippen LogP contribution in [-0.4, -0.2) is 0 Å². The van der Waals surface area contributed by atoms with Crippen molar-refractivity contribution in [1.29, 1.82) is 5.26 Å². The van der Waals surface area contributed by atoms with Gasteiger partial charge in [0.15, 0.2) is 0 Å². The molecule has 0 unspecified atom stereocenters. The highest BCUT2D eigenvalue weighted by Gasteiger charge is 2.38. The molecule has 1 aliphatic carbocycles. The van der Waals surface area contributed by atoms with Gasteiger partial charge in [-0.15, -0.1) is 0 Å². The summed E-state index contributed by atoms with van der Waals surface area (Å²) in [6.45, 7) is 1.98. The third-order valence-electron chi connectivity index (χ3n) is 5.70. The summed E-state index contributed by atoms with van der Waals surface area (Å²) in [5.74, 6) is -3.98. The highest BCUT2D eigenvalue weighted by Crippen LogP contribution is 2.40. The topological polar surface area (TPSA) is 33.0 Å². The van der Waals surface area contributed by atoms with Crippen LogP contribution in [0, 0.1) is 34.7 Å². The van der Waals surface area contributed by atoms with Gasteiger partial charge < -0.3 is 4.74 Å². The van der Waals surface area contributed by atoms with E-state index in [0.717, 1.165) is 44.2 Å². The molecule has 0 bridgehead atoms. The minimum Gasteiger partial charge on any atom is -0.429 e. The number of allylic oxidation sites excluding steroid dienone is 2. The Kier molecular flexibility index (Phi) is 6.99. The fourth-order valence-corrected chi connectivity index (χ4v) is 4.00. The third kappa shape index (κ3) is 5.25. The number of ether oxygens (including phenoxy) is 1. The monoisotopic (exact) mass is 435 g/mol. The molecule has 1 saturated carbocycles. The zero-order valence-electron chi connectivity index (χ0n) is 17.0. The summed E-state index contributed by atoms with van der Waals surface area (Å²) in [7, 11) is 0. The van der Waals surface area contributed by atoms with Crippen molar-refractivity contribution in [2.75, 3.05) is 0 Å². The second-order valence-electron chi connectivity index (χ2n) is 7.75. The fraction of sp³-hybridized carbons (Fsp3) is 0.375. The number of nitrogens with zero attached hydrogens (tertiary/aromatic N) is 1. The summed E-state index contributed by atoms with van der Waals surface area (Å²) >= 11 is 0. The summed E-state index contributed by atoms with van der Waals surface area (Å²) in [4.78, 5) is 0. The smallest absolute Gasteiger partial charge is 0.429 e. The fourth-order valence-electron chi connectivity index (χ4n) is 4.00. The van der Waals surface area contributed by atoms with Crippen molar-refractivity contribution in [3.8, 4) is 11.8 Å². The molecule has 0 heterocycles. The van der Waals surface area contributed by atoms with Crippen LogP contribution in [0.4, 0.5) is 22.0 Å². The molecule has 0 amide bonds. The molecule has 0 saturated heterocycles. The Morgan fingerprint density at radius 3 is 2.23 bits per heavy atom. The average Bonchev–Trinajstić information content (AvgIpc) is 2.72. The van der Waals surface area contributed by atoms with Gasteiger partial charge in [0, 0.05) is 12.1 Å². The van der Waals surface area contributed by atoms with E-state index in [1.165, 1.54) is 12.1 Å². The molecular weight excluding hydrogens is 413 g/mol. The van der Waals surface area contributed by atoms with Crippen molar-refractivity contribution >= 4 is 0 Å². The summed E-state index contributed by atoms with van der Waals surface area (Å²) < 4.78 is 75.3. The summed E-state index contributed by atoms with van der Waals surface area (Å²) in [6.07, 6.45) is 4.71. The zero-order chi connectivity index (χ0) is 22.6. The SMILES string of the molecule is C/C=C\C[C@H]1CC[C@H](c2ccc(C(F)(F)Oc3cc(F)c(C#N)c(F)c3)c(F)c2)CC1. The molecule has 2 aromatic rings. The minimum atomic E-state index is -4.15. The predicted molar refractivity (Wildman–Crippen MR) is 106 cm³/mol. The zero-order valence-corrected chi connectivity index (χ0v) is 17.0. The predicted octanol–water partition coefficient (Wildman–Crippen LogP) is 7.34. The van der Waals surface area contributed by atoms with E-state index in [9.17, 15) is 22.0 Å². The molecule has 0 radical (unpaired) electrons. The van der Waals surface area contributed by atoms with Crippen molar-refractivity contribution in [2.24, 2.45) is 5.92 Å². The molecule has 164 valence electrons. The second-order valence-corrected chi connectivity index (χ2v) is 7.75. The molecule has 0 N–H and O–H groups in total. The van der Waals surface area contributed by atoms with Gasteiger partial charge in [0.05, 0.1) is 5.56 Å². The van der Waals surface area contributed by atoms with E-state index in [1.807, 2.05) is 13.0 Å². The molecule has 0 aliphatic heterocycles. The van der Waals surface area contributed by atoms with E-state index in [0.29, 0.717) is 23.6 Å². The number of hydrogen-bond donors (Lipinski definition) is 0. The first-order valence-electron chi connectivity index (χ1n) is 10.1. The maximum atomic E-state index is 14.6. The van der Waals surface area contributed by atoms with Gasteiger partial charge in [0.1, 0.15) is 34.8 Å². The Balaban J connectivity index is 1.74. The second kappa shape index (κ2) is 9.51. The number of nitriles is 1. The average molecular weight is 435 g/mol. The first kappa shape index (κ1) is 22.8. The number of rotatable bonds is 6. The molecule has 0 aromatic heterocycles. The standard InChI is InChI=1S/C24H22F5NO/c1-2-3-4-15-5-7-16(8-6-15)17-9-10-20(23(27)11-17)24(28,29)31-18-12-21(25)19(14-30)22(26)13-18/h2-3,9-13,15-16H,4-8H2,1H3/b3-2-/t15-,16-. The van der Waals surface area contributed by atoms with Gasteiger partial charge in [-0.3, -0.25) is 0 Å². The van der Waals surface area contributed by atoms with E-state index in [-0.39, 0.29) is 5.92 Å². The van der Waals surface area contributed by atoms with Crippen LogP contribution in [0.25, 0.3) is 0 Å². The number of alkyl halides is 2. The molecule has 3 rings (SSSR count). The van der Waals surface area contributed by atoms with Crippen LogP contribution in [0.15, 0.2) is 42.5 Å². The van der Waals surface area contributed by atoms with E-state index < -0.39 is 40.4 Å². The van der Waals surface area contributed by atoms with Gasteiger partial charge in [0.25, 0.3) is 0 Å². The van der Waals surface area contributed by atoms with Crippen LogP contribution in [0.3, 0.4) is 0 Å². The van der Waals surface area contributed by atoms with Crippen LogP contribution in [-0.2, 0) is 6.11 Å². The quantitative estimate of drug-likeness (QED) is 0.351. The lowest BCUT2D eigenvalue weighted by Gasteiger charge is -2.28. The largest absolute Gasteiger partial charge is 0.429 e. The summed E-state index contributed by atoms with van der Waals surface area (Å²) in [5, 5.41) is 8.65. The molecule has 0 atom stereocenters. The van der Waals surface area contributed by atoms with Gasteiger partial charge in [-0.1, -0.05) is 18.2 Å². The van der Waals surface area contributed by atoms with Crippen molar-refractivity contribution in [3.63, 3.8) is 0 Å². The van der Waals surface area contributed by atoms with E-state index in [1.54, 1.807) is 0 Å². The lowest BCUT2D eigenvalue weighted by molar-refractivity contribution is -0.187. The lowest BCUT2D eigenvalue weighted by atomic mass is 9.77. The number of halogens is 5. The van der Waals surface area contributed by atoms with Crippen LogP contribution in [0.5, 0.6) is 5.75 Å². The molecule has 2 nitrogen and oxygen atoms in total. The highest BCUT2D eigenvalue weighted by molar-refractivity contribution is 5.38. The number of benzene rings is 2. The van der Waals surface area contributed by atoms with E-state index >= 15 is 0 Å². The van der Waals surface area contributed by atoms with Crippen LogP contribution < -0.4 is 4.74 Å². The molecule has 0 spiro atoms. The Morgan fingerprint density at radius 2 is 1.68 bits per heavy atom. The number of hydrogen-bond acceptors (Lipinski definition) is 2. The van der Waals surface area contributed by atoms with Crippen molar-refractivity contribution in [3.05, 3.63) is 76.6 Å². The van der Waals surface area contributed by atoms with Gasteiger partial charge >= 0.3 is 6.11 Å². The van der Waals surface area contributed by atoms with Gasteiger partial charge in [-0.2, -0.15) is 14.0 Å². The summed E-state index contributed by atoms with van der Waals surface area (Å²) in [5.41, 5.74) is -1.29. The lowest BCUT2D eigenvalue weighted by Crippen LogP contribution is -2.24.